The van der Waals surface area contributed by atoms with Crippen molar-refractivity contribution >= 4 is 13.6 Å². The summed E-state index contributed by atoms with van der Waals surface area (Å²) in [6.07, 6.45) is 2.08. The fourth-order valence-corrected chi connectivity index (χ4v) is 3.85. The molecule has 2 aromatic carbocycles. The topological polar surface area (TPSA) is 150 Å². The molecule has 0 saturated carbocycles. The van der Waals surface area contributed by atoms with Gasteiger partial charge in [0.05, 0.1) is 26.1 Å². The average Bonchev–Trinajstić information content (AvgIpc) is 3.35. The number of rotatable bonds is 11. The molecular weight excluding hydrogens is 501 g/mol. The molecule has 4 aromatic rings. The van der Waals surface area contributed by atoms with Crippen molar-refractivity contribution in [3.63, 3.8) is 0 Å². The van der Waals surface area contributed by atoms with Gasteiger partial charge in [-0.2, -0.15) is 0 Å². The molecule has 0 saturated heterocycles. The summed E-state index contributed by atoms with van der Waals surface area (Å²) >= 11 is 0. The van der Waals surface area contributed by atoms with Crippen LogP contribution in [0.25, 0.3) is 11.3 Å². The first-order chi connectivity index (χ1) is 17.8. The van der Waals surface area contributed by atoms with E-state index in [0.717, 1.165) is 11.1 Å². The molecule has 0 aliphatic carbocycles. The number of benzene rings is 2. The summed E-state index contributed by atoms with van der Waals surface area (Å²) in [5.74, 6) is 2.56. The first kappa shape index (κ1) is 26.2. The molecular formula is C25H27N3O8P+. The molecule has 0 atom stereocenters. The first-order valence-corrected chi connectivity index (χ1v) is 12.7. The predicted octanol–water partition coefficient (Wildman–Crippen LogP) is 3.47. The molecule has 0 aliphatic rings. The summed E-state index contributed by atoms with van der Waals surface area (Å²) in [7, 11) is -1.47. The SMILES string of the molecule is COc1ccc(OCc2ccc(Cc3cc(-c4ccc[n+](COP(=O)(O)O)c4N)on3)cc2)cc1OC. The van der Waals surface area contributed by atoms with Gasteiger partial charge in [0.25, 0.3) is 5.82 Å². The van der Waals surface area contributed by atoms with Crippen LogP contribution in [-0.4, -0.2) is 29.2 Å². The van der Waals surface area contributed by atoms with Crippen LogP contribution in [0.15, 0.2) is 71.4 Å². The van der Waals surface area contributed by atoms with E-state index in [4.69, 9.17) is 34.3 Å². The number of hydrogen-bond donors (Lipinski definition) is 3. The molecule has 0 aliphatic heterocycles. The monoisotopic (exact) mass is 528 g/mol. The zero-order valence-electron chi connectivity index (χ0n) is 20.2. The number of aromatic nitrogens is 2. The van der Waals surface area contributed by atoms with E-state index in [2.05, 4.69) is 9.68 Å². The number of methoxy groups -OCH3 is 2. The first-order valence-electron chi connectivity index (χ1n) is 11.1. The summed E-state index contributed by atoms with van der Waals surface area (Å²) < 4.78 is 38.8. The maximum absolute atomic E-state index is 11.0. The smallest absolute Gasteiger partial charge is 0.472 e. The van der Waals surface area contributed by atoms with Crippen LogP contribution in [0.5, 0.6) is 17.2 Å². The molecule has 194 valence electrons. The fraction of sp³-hybridized carbons (Fsp3) is 0.200. The average molecular weight is 528 g/mol. The van der Waals surface area contributed by atoms with E-state index in [9.17, 15) is 4.57 Å². The van der Waals surface area contributed by atoms with Crippen LogP contribution in [0.3, 0.4) is 0 Å². The van der Waals surface area contributed by atoms with E-state index < -0.39 is 14.6 Å². The standard InChI is InChI=1S/C25H26N3O8P/c1-32-22-10-9-20(14-24(22)33-2)34-15-18-7-5-17(6-8-18)12-19-13-23(36-27-19)21-4-3-11-28(25(21)26)16-35-37(29,30)31/h3-11,13-14,26H,12,15-16H2,1-2H3,(H2,29,30,31)/p+1. The molecule has 4 rings (SSSR count). The second-order valence-electron chi connectivity index (χ2n) is 8.01. The zero-order valence-corrected chi connectivity index (χ0v) is 21.1. The van der Waals surface area contributed by atoms with Crippen LogP contribution < -0.4 is 24.5 Å². The van der Waals surface area contributed by atoms with Crippen molar-refractivity contribution < 1.29 is 42.2 Å². The third-order valence-corrected chi connectivity index (χ3v) is 5.92. The van der Waals surface area contributed by atoms with Crippen molar-refractivity contribution in [1.82, 2.24) is 5.16 Å². The van der Waals surface area contributed by atoms with Crippen molar-refractivity contribution in [2.45, 2.75) is 19.8 Å². The van der Waals surface area contributed by atoms with Crippen LogP contribution in [0.2, 0.25) is 0 Å². The highest BCUT2D eigenvalue weighted by Gasteiger charge is 2.20. The van der Waals surface area contributed by atoms with Gasteiger partial charge < -0.3 is 28.5 Å². The highest BCUT2D eigenvalue weighted by Crippen LogP contribution is 2.36. The molecule has 0 amide bonds. The molecule has 37 heavy (non-hydrogen) atoms. The Hall–Kier alpha value is -3.89. The maximum Gasteiger partial charge on any atom is 0.472 e. The van der Waals surface area contributed by atoms with E-state index in [1.54, 1.807) is 50.7 Å². The molecule has 0 bridgehead atoms. The van der Waals surface area contributed by atoms with Crippen LogP contribution in [0, 0.1) is 0 Å². The lowest BCUT2D eigenvalue weighted by molar-refractivity contribution is -0.711. The summed E-state index contributed by atoms with van der Waals surface area (Å²) in [5.41, 5.74) is 9.39. The number of ether oxygens (including phenoxy) is 3. The van der Waals surface area contributed by atoms with Gasteiger partial charge >= 0.3 is 7.82 Å². The Morgan fingerprint density at radius 2 is 1.73 bits per heavy atom. The minimum atomic E-state index is -4.63. The third kappa shape index (κ3) is 6.87. The molecule has 11 nitrogen and oxygen atoms in total. The number of nitrogens with two attached hydrogens (primary N) is 1. The minimum Gasteiger partial charge on any atom is -0.493 e. The molecule has 2 aromatic heterocycles. The molecule has 4 N–H and O–H groups in total. The lowest BCUT2D eigenvalue weighted by Crippen LogP contribution is -2.38. The lowest BCUT2D eigenvalue weighted by Gasteiger charge is -2.11. The number of hydrogen-bond acceptors (Lipinski definition) is 8. The van der Waals surface area contributed by atoms with Crippen molar-refractivity contribution in [2.75, 3.05) is 20.0 Å². The molecule has 0 spiro atoms. The molecule has 2 heterocycles. The Kier molecular flexibility index (Phi) is 8.10. The van der Waals surface area contributed by atoms with Gasteiger partial charge in [-0.1, -0.05) is 29.4 Å². The van der Waals surface area contributed by atoms with Gasteiger partial charge in [0.1, 0.15) is 17.9 Å². The van der Waals surface area contributed by atoms with E-state index >= 15 is 0 Å². The largest absolute Gasteiger partial charge is 0.493 e. The highest BCUT2D eigenvalue weighted by molar-refractivity contribution is 7.46. The van der Waals surface area contributed by atoms with Gasteiger partial charge in [0.2, 0.25) is 6.73 Å². The Labute approximate surface area is 213 Å². The van der Waals surface area contributed by atoms with Gasteiger partial charge in [-0.15, -0.1) is 0 Å². The van der Waals surface area contributed by atoms with Crippen molar-refractivity contribution in [3.8, 4) is 28.6 Å². The van der Waals surface area contributed by atoms with Crippen LogP contribution in [0.4, 0.5) is 5.82 Å². The summed E-state index contributed by atoms with van der Waals surface area (Å²) in [4.78, 5) is 17.9. The summed E-state index contributed by atoms with van der Waals surface area (Å²) in [5, 5.41) is 4.13. The third-order valence-electron chi connectivity index (χ3n) is 5.47. The second kappa shape index (κ2) is 11.4. The summed E-state index contributed by atoms with van der Waals surface area (Å²) in [6, 6.07) is 18.5. The minimum absolute atomic E-state index is 0.220. The van der Waals surface area contributed by atoms with Crippen molar-refractivity contribution in [3.05, 3.63) is 83.7 Å². The Balaban J connectivity index is 1.38. The molecule has 0 radical (unpaired) electrons. The zero-order chi connectivity index (χ0) is 26.4. The van der Waals surface area contributed by atoms with Crippen LogP contribution in [0.1, 0.15) is 16.8 Å². The van der Waals surface area contributed by atoms with Crippen molar-refractivity contribution in [1.29, 1.82) is 0 Å². The Bertz CT molecular complexity index is 1400. The van der Waals surface area contributed by atoms with E-state index in [0.29, 0.717) is 47.3 Å². The number of pyridine rings is 1. The molecule has 0 unspecified atom stereocenters. The van der Waals surface area contributed by atoms with E-state index in [1.807, 2.05) is 30.3 Å². The van der Waals surface area contributed by atoms with E-state index in [-0.39, 0.29) is 5.82 Å². The highest BCUT2D eigenvalue weighted by atomic mass is 31.2. The second-order valence-corrected chi connectivity index (χ2v) is 9.25. The fourth-order valence-electron chi connectivity index (χ4n) is 3.58. The number of anilines is 1. The maximum atomic E-state index is 11.0. The van der Waals surface area contributed by atoms with E-state index in [1.165, 1.54) is 4.57 Å². The van der Waals surface area contributed by atoms with Crippen LogP contribution in [-0.2, 0) is 28.8 Å². The summed E-state index contributed by atoms with van der Waals surface area (Å²) in [6.45, 7) is -0.0180. The molecule has 0 fully saturated rings. The Morgan fingerprint density at radius 1 is 1.00 bits per heavy atom. The van der Waals surface area contributed by atoms with Gasteiger partial charge in [-0.3, -0.25) is 5.73 Å². The van der Waals surface area contributed by atoms with Gasteiger partial charge in [-0.05, 0) is 35.4 Å². The van der Waals surface area contributed by atoms with Gasteiger partial charge in [-0.25, -0.2) is 13.7 Å². The number of nitrogen functional groups attached to an aromatic ring is 1. The quantitative estimate of drug-likeness (QED) is 0.195. The lowest BCUT2D eigenvalue weighted by atomic mass is 10.1. The predicted molar refractivity (Wildman–Crippen MR) is 133 cm³/mol. The normalized spacial score (nSPS) is 11.4. The van der Waals surface area contributed by atoms with Gasteiger partial charge in [0.15, 0.2) is 17.3 Å². The number of phosphoric acid groups is 1. The number of nitrogens with zero attached hydrogens (tertiary/aromatic N) is 2. The van der Waals surface area contributed by atoms with Crippen molar-refractivity contribution in [2.24, 2.45) is 0 Å². The molecule has 12 heteroatoms. The Morgan fingerprint density at radius 3 is 2.43 bits per heavy atom. The van der Waals surface area contributed by atoms with Crippen LogP contribution >= 0.6 is 7.82 Å². The number of phosphoric ester groups is 1. The van der Waals surface area contributed by atoms with Gasteiger partial charge in [0, 0.05) is 18.6 Å².